The zero-order valence-electron chi connectivity index (χ0n) is 14.4. The summed E-state index contributed by atoms with van der Waals surface area (Å²) in [5.74, 6) is -0.801. The van der Waals surface area contributed by atoms with Crippen molar-refractivity contribution in [3.8, 4) is 0 Å². The highest BCUT2D eigenvalue weighted by Gasteiger charge is 2.14. The Hall–Kier alpha value is -3.85. The van der Waals surface area contributed by atoms with E-state index in [4.69, 9.17) is 0 Å². The number of hydrogen-bond acceptors (Lipinski definition) is 6. The van der Waals surface area contributed by atoms with Gasteiger partial charge in [0.1, 0.15) is 0 Å². The molecule has 0 aliphatic rings. The molecule has 0 spiro atoms. The minimum absolute atomic E-state index is 0.0309. The third-order valence-electron chi connectivity index (χ3n) is 3.65. The van der Waals surface area contributed by atoms with Crippen LogP contribution in [-0.4, -0.2) is 23.0 Å². The fourth-order valence-corrected chi connectivity index (χ4v) is 2.91. The quantitative estimate of drug-likeness (QED) is 0.377. The molecule has 3 aromatic rings. The third kappa shape index (κ3) is 4.65. The smallest absolute Gasteiger partial charge is 0.273 e. The van der Waals surface area contributed by atoms with Crippen molar-refractivity contribution in [2.75, 3.05) is 5.32 Å². The van der Waals surface area contributed by atoms with Crippen LogP contribution >= 0.6 is 11.3 Å². The number of anilines is 1. The monoisotopic (exact) mass is 394 g/mol. The second-order valence-electron chi connectivity index (χ2n) is 5.52. The molecule has 0 aliphatic heterocycles. The number of benzene rings is 2. The summed E-state index contributed by atoms with van der Waals surface area (Å²) in [6.45, 7) is 0. The number of hydrogen-bond donors (Lipinski definition) is 2. The maximum Gasteiger partial charge on any atom is 0.273 e. The molecule has 1 aromatic heterocycles. The van der Waals surface area contributed by atoms with Crippen molar-refractivity contribution in [1.82, 2.24) is 5.43 Å². The highest BCUT2D eigenvalue weighted by atomic mass is 32.1. The van der Waals surface area contributed by atoms with Crippen molar-refractivity contribution >= 4 is 40.7 Å². The molecule has 9 heteroatoms. The van der Waals surface area contributed by atoms with Crippen LogP contribution in [0.5, 0.6) is 0 Å². The standard InChI is InChI=1S/C19H14N4O4S/c24-18(22-20-12-13-7-9-14(10-8-13)23(26)27)15-4-1-2-5-16(15)21-19(25)17-6-3-11-28-17/h1-12H,(H,21,25)(H,22,24)/b20-12+. The zero-order chi connectivity index (χ0) is 19.9. The molecular weight excluding hydrogens is 380 g/mol. The number of amides is 2. The summed E-state index contributed by atoms with van der Waals surface area (Å²) in [6, 6.07) is 15.8. The molecule has 0 unspecified atom stereocenters. The van der Waals surface area contributed by atoms with Crippen LogP contribution in [0, 0.1) is 10.1 Å². The van der Waals surface area contributed by atoms with Crippen LogP contribution in [0.3, 0.4) is 0 Å². The first-order valence-electron chi connectivity index (χ1n) is 8.06. The van der Waals surface area contributed by atoms with Gasteiger partial charge in [-0.25, -0.2) is 5.43 Å². The Bertz CT molecular complexity index is 1030. The summed E-state index contributed by atoms with van der Waals surface area (Å²) < 4.78 is 0. The summed E-state index contributed by atoms with van der Waals surface area (Å²) in [5.41, 5.74) is 3.56. The fourth-order valence-electron chi connectivity index (χ4n) is 2.29. The zero-order valence-corrected chi connectivity index (χ0v) is 15.2. The van der Waals surface area contributed by atoms with Crippen LogP contribution in [0.25, 0.3) is 0 Å². The van der Waals surface area contributed by atoms with E-state index in [2.05, 4.69) is 15.8 Å². The van der Waals surface area contributed by atoms with E-state index in [0.717, 1.165) is 0 Å². The number of nitro benzene ring substituents is 1. The van der Waals surface area contributed by atoms with Gasteiger partial charge in [-0.1, -0.05) is 18.2 Å². The molecule has 2 N–H and O–H groups in total. The average molecular weight is 394 g/mol. The SMILES string of the molecule is O=C(Nc1ccccc1C(=O)N/N=C/c1ccc([N+](=O)[O-])cc1)c1cccs1. The number of rotatable bonds is 6. The molecule has 3 rings (SSSR count). The molecule has 0 saturated heterocycles. The molecule has 0 radical (unpaired) electrons. The first-order chi connectivity index (χ1) is 13.5. The number of non-ortho nitro benzene ring substituents is 1. The lowest BCUT2D eigenvalue weighted by Crippen LogP contribution is -2.21. The number of hydrazone groups is 1. The highest BCUT2D eigenvalue weighted by Crippen LogP contribution is 2.18. The predicted molar refractivity (Wildman–Crippen MR) is 107 cm³/mol. The molecular formula is C19H14N4O4S. The van der Waals surface area contributed by atoms with Gasteiger partial charge >= 0.3 is 0 Å². The van der Waals surface area contributed by atoms with Crippen molar-refractivity contribution < 1.29 is 14.5 Å². The molecule has 0 atom stereocenters. The van der Waals surface area contributed by atoms with E-state index in [0.29, 0.717) is 16.1 Å². The lowest BCUT2D eigenvalue weighted by Gasteiger charge is -2.09. The summed E-state index contributed by atoms with van der Waals surface area (Å²) in [7, 11) is 0. The second kappa shape index (κ2) is 8.69. The van der Waals surface area contributed by atoms with Crippen molar-refractivity contribution in [3.63, 3.8) is 0 Å². The molecule has 8 nitrogen and oxygen atoms in total. The van der Waals surface area contributed by atoms with Gasteiger partial charge in [-0.2, -0.15) is 5.10 Å². The summed E-state index contributed by atoms with van der Waals surface area (Å²) in [5, 5.41) is 19.0. The maximum absolute atomic E-state index is 12.4. The van der Waals surface area contributed by atoms with Gasteiger partial charge in [-0.05, 0) is 41.3 Å². The van der Waals surface area contributed by atoms with Crippen molar-refractivity contribution in [2.24, 2.45) is 5.10 Å². The summed E-state index contributed by atoms with van der Waals surface area (Å²) in [6.07, 6.45) is 1.37. The first-order valence-corrected chi connectivity index (χ1v) is 8.94. The van der Waals surface area contributed by atoms with Gasteiger partial charge in [0, 0.05) is 12.1 Å². The van der Waals surface area contributed by atoms with Gasteiger partial charge in [0.15, 0.2) is 0 Å². The molecule has 1 heterocycles. The van der Waals surface area contributed by atoms with Gasteiger partial charge < -0.3 is 5.32 Å². The number of thiophene rings is 1. The van der Waals surface area contributed by atoms with E-state index in [1.807, 2.05) is 0 Å². The largest absolute Gasteiger partial charge is 0.321 e. The maximum atomic E-state index is 12.4. The van der Waals surface area contributed by atoms with E-state index in [9.17, 15) is 19.7 Å². The number of nitro groups is 1. The van der Waals surface area contributed by atoms with Gasteiger partial charge in [0.25, 0.3) is 17.5 Å². The highest BCUT2D eigenvalue weighted by molar-refractivity contribution is 7.12. The number of carbonyl (C=O) groups excluding carboxylic acids is 2. The number of para-hydroxylation sites is 1. The summed E-state index contributed by atoms with van der Waals surface area (Å²) >= 11 is 1.30. The Morgan fingerprint density at radius 2 is 1.75 bits per heavy atom. The number of nitrogens with one attached hydrogen (secondary N) is 2. The minimum Gasteiger partial charge on any atom is -0.321 e. The van der Waals surface area contributed by atoms with Crippen molar-refractivity contribution in [2.45, 2.75) is 0 Å². The Balaban J connectivity index is 1.67. The van der Waals surface area contributed by atoms with Crippen LogP contribution in [0.4, 0.5) is 11.4 Å². The number of nitrogens with zero attached hydrogens (tertiary/aromatic N) is 2. The molecule has 0 aliphatic carbocycles. The van der Waals surface area contributed by atoms with Gasteiger partial charge in [-0.3, -0.25) is 19.7 Å². The van der Waals surface area contributed by atoms with Crippen LogP contribution in [0.1, 0.15) is 25.6 Å². The topological polar surface area (TPSA) is 114 Å². The normalized spacial score (nSPS) is 10.6. The predicted octanol–water partition coefficient (Wildman–Crippen LogP) is 3.67. The molecule has 0 saturated carbocycles. The second-order valence-corrected chi connectivity index (χ2v) is 6.47. The van der Waals surface area contributed by atoms with E-state index in [1.165, 1.54) is 41.8 Å². The van der Waals surface area contributed by atoms with Gasteiger partial charge in [0.05, 0.1) is 27.3 Å². The van der Waals surface area contributed by atoms with E-state index in [-0.39, 0.29) is 17.2 Å². The molecule has 28 heavy (non-hydrogen) atoms. The Morgan fingerprint density at radius 1 is 1.00 bits per heavy atom. The molecule has 140 valence electrons. The van der Waals surface area contributed by atoms with E-state index in [1.54, 1.807) is 41.8 Å². The molecule has 0 fully saturated rings. The lowest BCUT2D eigenvalue weighted by molar-refractivity contribution is -0.384. The van der Waals surface area contributed by atoms with Crippen LogP contribution in [0.2, 0.25) is 0 Å². The fraction of sp³-hybridized carbons (Fsp3) is 0. The van der Waals surface area contributed by atoms with Crippen molar-refractivity contribution in [1.29, 1.82) is 0 Å². The van der Waals surface area contributed by atoms with E-state index < -0.39 is 10.8 Å². The van der Waals surface area contributed by atoms with Crippen LogP contribution in [0.15, 0.2) is 71.1 Å². The first kappa shape index (κ1) is 18.9. The minimum atomic E-state index is -0.500. The Kier molecular flexibility index (Phi) is 5.87. The van der Waals surface area contributed by atoms with Gasteiger partial charge in [-0.15, -0.1) is 11.3 Å². The third-order valence-corrected chi connectivity index (χ3v) is 4.52. The Labute approximate surface area is 163 Å². The van der Waals surface area contributed by atoms with Crippen LogP contribution < -0.4 is 10.7 Å². The summed E-state index contributed by atoms with van der Waals surface area (Å²) in [4.78, 5) is 35.3. The number of carbonyl (C=O) groups is 2. The Morgan fingerprint density at radius 3 is 2.43 bits per heavy atom. The average Bonchev–Trinajstić information content (AvgIpc) is 3.24. The van der Waals surface area contributed by atoms with E-state index >= 15 is 0 Å². The molecule has 0 bridgehead atoms. The van der Waals surface area contributed by atoms with Crippen molar-refractivity contribution in [3.05, 3.63) is 92.2 Å². The lowest BCUT2D eigenvalue weighted by atomic mass is 10.1. The van der Waals surface area contributed by atoms with Gasteiger partial charge in [0.2, 0.25) is 0 Å². The van der Waals surface area contributed by atoms with Crippen LogP contribution in [-0.2, 0) is 0 Å². The molecule has 2 amide bonds. The molecule has 2 aromatic carbocycles.